The minimum Gasteiger partial charge on any atom is -0.396 e. The van der Waals surface area contributed by atoms with Crippen molar-refractivity contribution in [3.63, 3.8) is 0 Å². The molecule has 0 heterocycles. The highest BCUT2D eigenvalue weighted by Crippen LogP contribution is 2.30. The molecule has 22 heavy (non-hydrogen) atoms. The molecule has 0 aromatic heterocycles. The van der Waals surface area contributed by atoms with Crippen LogP contribution >= 0.6 is 23.2 Å². The lowest BCUT2D eigenvalue weighted by Gasteiger charge is -2.18. The molecule has 0 fully saturated rings. The number of primary amides is 1. The summed E-state index contributed by atoms with van der Waals surface area (Å²) in [6.07, 6.45) is 1.16. The van der Waals surface area contributed by atoms with Gasteiger partial charge in [0.05, 0.1) is 10.0 Å². The number of halogens is 2. The van der Waals surface area contributed by atoms with Gasteiger partial charge in [0.15, 0.2) is 0 Å². The van der Waals surface area contributed by atoms with Crippen molar-refractivity contribution < 1.29 is 9.90 Å². The van der Waals surface area contributed by atoms with E-state index < -0.39 is 5.91 Å². The van der Waals surface area contributed by atoms with E-state index in [1.165, 1.54) is 0 Å². The fourth-order valence-electron chi connectivity index (χ4n) is 2.51. The van der Waals surface area contributed by atoms with Crippen molar-refractivity contribution in [2.45, 2.75) is 18.8 Å². The van der Waals surface area contributed by atoms with E-state index in [9.17, 15) is 9.90 Å². The van der Waals surface area contributed by atoms with Gasteiger partial charge in [-0.3, -0.25) is 4.79 Å². The Kier molecular flexibility index (Phi) is 5.83. The highest BCUT2D eigenvalue weighted by atomic mass is 35.5. The second-order valence-corrected chi connectivity index (χ2v) is 5.92. The van der Waals surface area contributed by atoms with E-state index in [-0.39, 0.29) is 12.5 Å². The van der Waals surface area contributed by atoms with Crippen molar-refractivity contribution in [2.24, 2.45) is 5.73 Å². The smallest absolute Gasteiger partial charge is 0.248 e. The number of amides is 1. The van der Waals surface area contributed by atoms with Crippen molar-refractivity contribution in [3.8, 4) is 0 Å². The first-order valence-corrected chi connectivity index (χ1v) is 7.72. The van der Waals surface area contributed by atoms with Crippen LogP contribution in [0.2, 0.25) is 10.0 Å². The summed E-state index contributed by atoms with van der Waals surface area (Å²) in [6, 6.07) is 12.7. The quantitative estimate of drug-likeness (QED) is 0.841. The molecule has 1 unspecified atom stereocenters. The van der Waals surface area contributed by atoms with Crippen LogP contribution in [0, 0.1) is 0 Å². The minimum atomic E-state index is -0.451. The minimum absolute atomic E-state index is 0.0280. The highest BCUT2D eigenvalue weighted by molar-refractivity contribution is 6.42. The summed E-state index contributed by atoms with van der Waals surface area (Å²) >= 11 is 12.0. The maximum atomic E-state index is 11.5. The van der Waals surface area contributed by atoms with E-state index >= 15 is 0 Å². The molecule has 1 atom stereocenters. The standard InChI is InChI=1S/C17H17Cl2NO2/c18-15-6-5-11(10-16(15)19)12(7-8-21)9-13-3-1-2-4-14(13)17(20)22/h1-6,10,12,21H,7-9H2,(H2,20,22). The maximum Gasteiger partial charge on any atom is 0.248 e. The molecule has 116 valence electrons. The van der Waals surface area contributed by atoms with Crippen LogP contribution < -0.4 is 5.73 Å². The number of carbonyl (C=O) groups is 1. The van der Waals surface area contributed by atoms with Gasteiger partial charge in [-0.1, -0.05) is 47.5 Å². The third kappa shape index (κ3) is 4.01. The van der Waals surface area contributed by atoms with E-state index in [1.807, 2.05) is 18.2 Å². The Hall–Kier alpha value is -1.55. The molecule has 0 aliphatic heterocycles. The lowest BCUT2D eigenvalue weighted by molar-refractivity contribution is 0.0999. The first-order valence-electron chi connectivity index (χ1n) is 6.96. The highest BCUT2D eigenvalue weighted by Gasteiger charge is 2.16. The van der Waals surface area contributed by atoms with Gasteiger partial charge in [0, 0.05) is 12.2 Å². The molecule has 2 aromatic carbocycles. The SMILES string of the molecule is NC(=O)c1ccccc1CC(CCO)c1ccc(Cl)c(Cl)c1. The molecule has 0 radical (unpaired) electrons. The van der Waals surface area contributed by atoms with Crippen LogP contribution in [0.3, 0.4) is 0 Å². The summed E-state index contributed by atoms with van der Waals surface area (Å²) in [5, 5.41) is 10.3. The average Bonchev–Trinajstić information content (AvgIpc) is 2.50. The molecule has 0 aliphatic carbocycles. The molecule has 2 aromatic rings. The molecule has 0 bridgehead atoms. The van der Waals surface area contributed by atoms with Crippen molar-refractivity contribution in [3.05, 3.63) is 69.2 Å². The molecule has 3 nitrogen and oxygen atoms in total. The predicted octanol–water partition coefficient (Wildman–Crippen LogP) is 3.80. The molecular weight excluding hydrogens is 321 g/mol. The summed E-state index contributed by atoms with van der Waals surface area (Å²) in [7, 11) is 0. The number of hydrogen-bond donors (Lipinski definition) is 2. The summed E-state index contributed by atoms with van der Waals surface area (Å²) in [6.45, 7) is 0.0453. The second-order valence-electron chi connectivity index (χ2n) is 5.11. The third-order valence-electron chi connectivity index (χ3n) is 3.64. The van der Waals surface area contributed by atoms with E-state index in [1.54, 1.807) is 24.3 Å². The van der Waals surface area contributed by atoms with E-state index in [0.29, 0.717) is 28.5 Å². The van der Waals surface area contributed by atoms with Crippen LogP contribution in [0.4, 0.5) is 0 Å². The largest absolute Gasteiger partial charge is 0.396 e. The first-order chi connectivity index (χ1) is 10.5. The molecule has 1 amide bonds. The summed E-state index contributed by atoms with van der Waals surface area (Å²) in [4.78, 5) is 11.5. The zero-order valence-corrected chi connectivity index (χ0v) is 13.4. The average molecular weight is 338 g/mol. The van der Waals surface area contributed by atoms with Gasteiger partial charge in [0.25, 0.3) is 0 Å². The number of aliphatic hydroxyl groups excluding tert-OH is 1. The van der Waals surface area contributed by atoms with Gasteiger partial charge in [-0.2, -0.15) is 0 Å². The zero-order valence-electron chi connectivity index (χ0n) is 11.9. The Bertz CT molecular complexity index is 673. The Balaban J connectivity index is 2.33. The summed E-state index contributed by atoms with van der Waals surface area (Å²) < 4.78 is 0. The predicted molar refractivity (Wildman–Crippen MR) is 89.6 cm³/mol. The molecule has 2 rings (SSSR count). The van der Waals surface area contributed by atoms with Crippen molar-refractivity contribution in [1.82, 2.24) is 0 Å². The number of rotatable bonds is 6. The number of hydrogen-bond acceptors (Lipinski definition) is 2. The topological polar surface area (TPSA) is 63.3 Å². The van der Waals surface area contributed by atoms with Gasteiger partial charge < -0.3 is 10.8 Å². The molecule has 0 saturated heterocycles. The van der Waals surface area contributed by atoms with Gasteiger partial charge >= 0.3 is 0 Å². The third-order valence-corrected chi connectivity index (χ3v) is 4.38. The summed E-state index contributed by atoms with van der Waals surface area (Å²) in [5.74, 6) is -0.423. The lowest BCUT2D eigenvalue weighted by Crippen LogP contribution is -2.15. The molecule has 3 N–H and O–H groups in total. The monoisotopic (exact) mass is 337 g/mol. The molecule has 5 heteroatoms. The second kappa shape index (κ2) is 7.63. The zero-order chi connectivity index (χ0) is 16.1. The number of aliphatic hydroxyl groups is 1. The van der Waals surface area contributed by atoms with Crippen LogP contribution in [0.25, 0.3) is 0 Å². The van der Waals surface area contributed by atoms with Crippen LogP contribution in [-0.2, 0) is 6.42 Å². The molecule has 0 aliphatic rings. The number of nitrogens with two attached hydrogens (primary N) is 1. The Labute approximate surface area is 139 Å². The number of benzene rings is 2. The summed E-state index contributed by atoms with van der Waals surface area (Å²) in [5.41, 5.74) is 7.76. The van der Waals surface area contributed by atoms with Crippen LogP contribution in [0.15, 0.2) is 42.5 Å². The van der Waals surface area contributed by atoms with Crippen LogP contribution in [-0.4, -0.2) is 17.6 Å². The molecular formula is C17H17Cl2NO2. The van der Waals surface area contributed by atoms with Gasteiger partial charge in [0.2, 0.25) is 5.91 Å². The van der Waals surface area contributed by atoms with Crippen molar-refractivity contribution >= 4 is 29.1 Å². The van der Waals surface area contributed by atoms with Gasteiger partial charge in [-0.25, -0.2) is 0 Å². The van der Waals surface area contributed by atoms with Crippen molar-refractivity contribution in [2.75, 3.05) is 6.61 Å². The van der Waals surface area contributed by atoms with Gasteiger partial charge in [0.1, 0.15) is 0 Å². The molecule has 0 spiro atoms. The Morgan fingerprint density at radius 3 is 2.50 bits per heavy atom. The van der Waals surface area contributed by atoms with Crippen molar-refractivity contribution in [1.29, 1.82) is 0 Å². The van der Waals surface area contributed by atoms with Crippen LogP contribution in [0.5, 0.6) is 0 Å². The maximum absolute atomic E-state index is 11.5. The molecule has 0 saturated carbocycles. The van der Waals surface area contributed by atoms with Crippen LogP contribution in [0.1, 0.15) is 33.8 Å². The van der Waals surface area contributed by atoms with Gasteiger partial charge in [-0.05, 0) is 48.1 Å². The van der Waals surface area contributed by atoms with E-state index in [0.717, 1.165) is 11.1 Å². The lowest BCUT2D eigenvalue weighted by atomic mass is 9.88. The fourth-order valence-corrected chi connectivity index (χ4v) is 2.82. The first kappa shape index (κ1) is 16.8. The normalized spacial score (nSPS) is 12.1. The Morgan fingerprint density at radius 1 is 1.14 bits per heavy atom. The Morgan fingerprint density at radius 2 is 1.86 bits per heavy atom. The number of carbonyl (C=O) groups excluding carboxylic acids is 1. The fraction of sp³-hybridized carbons (Fsp3) is 0.235. The van der Waals surface area contributed by atoms with Gasteiger partial charge in [-0.15, -0.1) is 0 Å². The van der Waals surface area contributed by atoms with E-state index in [2.05, 4.69) is 0 Å². The van der Waals surface area contributed by atoms with E-state index in [4.69, 9.17) is 28.9 Å².